The van der Waals surface area contributed by atoms with Crippen LogP contribution in [0.3, 0.4) is 0 Å². The van der Waals surface area contributed by atoms with Crippen molar-refractivity contribution in [2.75, 3.05) is 13.2 Å². The van der Waals surface area contributed by atoms with Gasteiger partial charge in [-0.1, -0.05) is 24.2 Å². The van der Waals surface area contributed by atoms with E-state index in [1.54, 1.807) is 31.5 Å². The number of hydrogen-bond donors (Lipinski definition) is 0. The van der Waals surface area contributed by atoms with Gasteiger partial charge in [0.15, 0.2) is 5.69 Å². The van der Waals surface area contributed by atoms with E-state index in [-0.39, 0.29) is 30.2 Å². The Morgan fingerprint density at radius 3 is 2.68 bits per heavy atom. The highest BCUT2D eigenvalue weighted by molar-refractivity contribution is 5.98. The fourth-order valence-electron chi connectivity index (χ4n) is 4.04. The third kappa shape index (κ3) is 4.21. The first-order chi connectivity index (χ1) is 15.1. The number of esters is 1. The van der Waals surface area contributed by atoms with Gasteiger partial charge in [0.2, 0.25) is 0 Å². The molecule has 1 aliphatic heterocycles. The van der Waals surface area contributed by atoms with Gasteiger partial charge in [0, 0.05) is 24.6 Å². The Balaban J connectivity index is 1.59. The number of piperidine rings is 1. The van der Waals surface area contributed by atoms with Crippen molar-refractivity contribution in [3.63, 3.8) is 0 Å². The van der Waals surface area contributed by atoms with Crippen molar-refractivity contribution in [1.29, 1.82) is 0 Å². The Labute approximate surface area is 180 Å². The molecule has 0 saturated carbocycles. The third-order valence-electron chi connectivity index (χ3n) is 5.62. The molecule has 1 aromatic carbocycles. The molecule has 162 valence electrons. The van der Waals surface area contributed by atoms with Crippen LogP contribution in [-0.4, -0.2) is 56.1 Å². The highest BCUT2D eigenvalue weighted by Crippen LogP contribution is 2.33. The van der Waals surface area contributed by atoms with E-state index in [9.17, 15) is 9.59 Å². The van der Waals surface area contributed by atoms with Crippen LogP contribution in [-0.2, 0) is 4.74 Å². The highest BCUT2D eigenvalue weighted by atomic mass is 16.5. The second-order valence-corrected chi connectivity index (χ2v) is 7.46. The van der Waals surface area contributed by atoms with Gasteiger partial charge in [-0.2, -0.15) is 15.0 Å². The average molecular weight is 423 g/mol. The van der Waals surface area contributed by atoms with E-state index in [0.29, 0.717) is 23.6 Å². The molecule has 31 heavy (non-hydrogen) atoms. The normalized spacial score (nSPS) is 18.7. The predicted octanol–water partition coefficient (Wildman–Crippen LogP) is 3.23. The molecule has 1 saturated heterocycles. The second-order valence-electron chi connectivity index (χ2n) is 7.46. The highest BCUT2D eigenvalue weighted by Gasteiger charge is 2.35. The van der Waals surface area contributed by atoms with Crippen molar-refractivity contribution >= 4 is 11.9 Å². The van der Waals surface area contributed by atoms with Crippen molar-refractivity contribution in [2.45, 2.75) is 45.1 Å². The number of benzene rings is 1. The summed E-state index contributed by atoms with van der Waals surface area (Å²) in [5.41, 5.74) is 1.34. The zero-order chi connectivity index (χ0) is 21.8. The Morgan fingerprint density at radius 2 is 1.94 bits per heavy atom. The molecule has 3 heterocycles. The van der Waals surface area contributed by atoms with E-state index in [1.165, 1.54) is 4.80 Å². The molecule has 0 bridgehead atoms. The molecule has 0 unspecified atom stereocenters. The molecule has 1 aliphatic rings. The minimum Gasteiger partial charge on any atom is -0.461 e. The largest absolute Gasteiger partial charge is 0.461 e. The van der Waals surface area contributed by atoms with Gasteiger partial charge in [0.05, 0.1) is 30.3 Å². The molecule has 0 aliphatic carbocycles. The van der Waals surface area contributed by atoms with Gasteiger partial charge in [0.25, 0.3) is 5.91 Å². The zero-order valence-electron chi connectivity index (χ0n) is 17.6. The van der Waals surface area contributed by atoms with Crippen LogP contribution in [0.2, 0.25) is 0 Å². The molecule has 9 heteroatoms. The topological polar surface area (TPSA) is 103 Å². The van der Waals surface area contributed by atoms with E-state index in [0.717, 1.165) is 19.3 Å². The monoisotopic (exact) mass is 423 g/mol. The van der Waals surface area contributed by atoms with Crippen LogP contribution < -0.4 is 0 Å². The second kappa shape index (κ2) is 9.11. The molecule has 9 nitrogen and oxygen atoms in total. The van der Waals surface area contributed by atoms with Crippen LogP contribution in [0.25, 0.3) is 5.69 Å². The summed E-state index contributed by atoms with van der Waals surface area (Å²) in [4.78, 5) is 28.9. The summed E-state index contributed by atoms with van der Waals surface area (Å²) in [5, 5.41) is 12.2. The average Bonchev–Trinajstić information content (AvgIpc) is 3.51. The van der Waals surface area contributed by atoms with E-state index < -0.39 is 5.97 Å². The summed E-state index contributed by atoms with van der Waals surface area (Å²) in [5.74, 6) is -0.0299. The number of carbonyl (C=O) groups is 2. The van der Waals surface area contributed by atoms with Crippen LogP contribution >= 0.6 is 0 Å². The number of carbonyl (C=O) groups excluding carboxylic acids is 2. The lowest BCUT2D eigenvalue weighted by Crippen LogP contribution is -2.46. The molecule has 0 N–H and O–H groups in total. The number of hydrogen-bond acceptors (Lipinski definition) is 7. The summed E-state index contributed by atoms with van der Waals surface area (Å²) in [6, 6.07) is 9.07. The number of likely N-dealkylation sites (tertiary alicyclic amines) is 1. The first-order valence-electron chi connectivity index (χ1n) is 10.5. The number of para-hydroxylation sites is 1. The lowest BCUT2D eigenvalue weighted by atomic mass is 9.89. The standard InChI is InChI=1S/C22H25N5O4/c1-3-16-10-9-15(20-13-18(25-31-20)22(29)30-4-2)14-26(16)21(28)17-7-5-6-8-19(17)27-23-11-12-24-27/h5-8,11-13,15-16H,3-4,9-10,14H2,1-2H3/t15-,16-/m1/s1. The summed E-state index contributed by atoms with van der Waals surface area (Å²) in [6.07, 6.45) is 5.70. The smallest absolute Gasteiger partial charge is 0.360 e. The number of ether oxygens (including phenoxy) is 1. The molecular weight excluding hydrogens is 398 g/mol. The summed E-state index contributed by atoms with van der Waals surface area (Å²) >= 11 is 0. The molecule has 0 radical (unpaired) electrons. The van der Waals surface area contributed by atoms with Crippen LogP contribution in [0, 0.1) is 0 Å². The van der Waals surface area contributed by atoms with Gasteiger partial charge in [-0.05, 0) is 38.3 Å². The molecule has 1 amide bonds. The minimum absolute atomic E-state index is 0.0441. The summed E-state index contributed by atoms with van der Waals surface area (Å²) < 4.78 is 10.4. The molecule has 2 atom stereocenters. The SMILES string of the molecule is CCOC(=O)c1cc([C@@H]2CC[C@@H](CC)N(C(=O)c3ccccc3-n3nccn3)C2)on1. The molecule has 2 aromatic heterocycles. The lowest BCUT2D eigenvalue weighted by molar-refractivity contribution is 0.0514. The Morgan fingerprint density at radius 1 is 1.16 bits per heavy atom. The van der Waals surface area contributed by atoms with Crippen LogP contribution in [0.5, 0.6) is 0 Å². The molecule has 4 rings (SSSR count). The first kappa shape index (κ1) is 20.8. The maximum atomic E-state index is 13.6. The summed E-state index contributed by atoms with van der Waals surface area (Å²) in [7, 11) is 0. The van der Waals surface area contributed by atoms with Crippen molar-refractivity contribution in [1.82, 2.24) is 25.1 Å². The maximum absolute atomic E-state index is 13.6. The van der Waals surface area contributed by atoms with Gasteiger partial charge in [-0.25, -0.2) is 4.79 Å². The van der Waals surface area contributed by atoms with E-state index in [1.807, 2.05) is 23.1 Å². The number of amides is 1. The number of aromatic nitrogens is 4. The zero-order valence-corrected chi connectivity index (χ0v) is 17.6. The van der Waals surface area contributed by atoms with E-state index >= 15 is 0 Å². The molecular formula is C22H25N5O4. The van der Waals surface area contributed by atoms with Gasteiger partial charge >= 0.3 is 5.97 Å². The van der Waals surface area contributed by atoms with E-state index in [4.69, 9.17) is 9.26 Å². The van der Waals surface area contributed by atoms with E-state index in [2.05, 4.69) is 22.3 Å². The van der Waals surface area contributed by atoms with Crippen LogP contribution in [0.15, 0.2) is 47.2 Å². The number of nitrogens with zero attached hydrogens (tertiary/aromatic N) is 5. The molecule has 1 fully saturated rings. The van der Waals surface area contributed by atoms with Crippen LogP contribution in [0.4, 0.5) is 0 Å². The maximum Gasteiger partial charge on any atom is 0.360 e. The minimum atomic E-state index is -0.506. The quantitative estimate of drug-likeness (QED) is 0.561. The third-order valence-corrected chi connectivity index (χ3v) is 5.62. The van der Waals surface area contributed by atoms with Crippen molar-refractivity contribution in [3.05, 3.63) is 59.7 Å². The van der Waals surface area contributed by atoms with Crippen molar-refractivity contribution < 1.29 is 18.8 Å². The van der Waals surface area contributed by atoms with Crippen LogP contribution in [0.1, 0.15) is 65.6 Å². The number of rotatable bonds is 6. The van der Waals surface area contributed by atoms with Crippen molar-refractivity contribution in [2.24, 2.45) is 0 Å². The molecule has 3 aromatic rings. The Hall–Kier alpha value is -3.49. The van der Waals surface area contributed by atoms with Gasteiger partial charge in [-0.15, -0.1) is 0 Å². The Kier molecular flexibility index (Phi) is 6.11. The predicted molar refractivity (Wildman–Crippen MR) is 111 cm³/mol. The molecule has 0 spiro atoms. The van der Waals surface area contributed by atoms with Gasteiger partial charge < -0.3 is 14.2 Å². The summed E-state index contributed by atoms with van der Waals surface area (Å²) in [6.45, 7) is 4.58. The fourth-order valence-corrected chi connectivity index (χ4v) is 4.04. The first-order valence-corrected chi connectivity index (χ1v) is 10.5. The Bertz CT molecular complexity index is 1050. The van der Waals surface area contributed by atoms with Gasteiger partial charge in [0.1, 0.15) is 5.76 Å². The lowest BCUT2D eigenvalue weighted by Gasteiger charge is -2.39. The fraction of sp³-hybridized carbons (Fsp3) is 0.409. The van der Waals surface area contributed by atoms with Crippen molar-refractivity contribution in [3.8, 4) is 5.69 Å². The van der Waals surface area contributed by atoms with Gasteiger partial charge in [-0.3, -0.25) is 4.79 Å².